The van der Waals surface area contributed by atoms with E-state index < -0.39 is 6.04 Å². The number of hydrogen-bond acceptors (Lipinski definition) is 5. The van der Waals surface area contributed by atoms with Gasteiger partial charge in [0.05, 0.1) is 12.6 Å². The van der Waals surface area contributed by atoms with Gasteiger partial charge in [-0.25, -0.2) is 0 Å². The van der Waals surface area contributed by atoms with Crippen LogP contribution in [0, 0.1) is 6.92 Å². The third kappa shape index (κ3) is 4.93. The van der Waals surface area contributed by atoms with Crippen molar-refractivity contribution in [1.82, 2.24) is 10.1 Å². The molecule has 0 saturated carbocycles. The molecule has 2 amide bonds. The van der Waals surface area contributed by atoms with Gasteiger partial charge in [-0.15, -0.1) is 0 Å². The first-order valence-corrected chi connectivity index (χ1v) is 7.23. The van der Waals surface area contributed by atoms with Crippen LogP contribution in [-0.4, -0.2) is 41.5 Å². The number of aryl methyl sites for hydroxylation is 1. The second-order valence-electron chi connectivity index (χ2n) is 5.36. The number of likely N-dealkylation sites (N-methyl/N-ethyl adjacent to an activating group) is 1. The Kier molecular flexibility index (Phi) is 5.48. The fourth-order valence-corrected chi connectivity index (χ4v) is 2.14. The fourth-order valence-electron chi connectivity index (χ4n) is 2.14. The number of nitrogens with two attached hydrogens (primary N) is 1. The Bertz CT molecular complexity index is 669. The molecular formula is C16H20N4O3. The molecule has 23 heavy (non-hydrogen) atoms. The van der Waals surface area contributed by atoms with Gasteiger partial charge in [-0.1, -0.05) is 35.5 Å². The largest absolute Gasteiger partial charge is 0.360 e. The molecule has 0 bridgehead atoms. The number of nitrogens with zero attached hydrogens (tertiary/aromatic N) is 2. The quantitative estimate of drug-likeness (QED) is 0.826. The van der Waals surface area contributed by atoms with Crippen LogP contribution in [0.4, 0.5) is 5.82 Å². The van der Waals surface area contributed by atoms with E-state index in [1.54, 1.807) is 20.0 Å². The molecule has 0 fully saturated rings. The van der Waals surface area contributed by atoms with Crippen LogP contribution in [0.3, 0.4) is 0 Å². The third-order valence-electron chi connectivity index (χ3n) is 3.27. The Labute approximate surface area is 134 Å². The lowest BCUT2D eigenvalue weighted by Crippen LogP contribution is -2.45. The molecule has 0 saturated heterocycles. The summed E-state index contributed by atoms with van der Waals surface area (Å²) in [6.07, 6.45) is 0.425. The summed E-state index contributed by atoms with van der Waals surface area (Å²) in [6, 6.07) is 10.4. The zero-order valence-corrected chi connectivity index (χ0v) is 13.2. The van der Waals surface area contributed by atoms with Gasteiger partial charge in [-0.05, 0) is 18.9 Å². The normalized spacial score (nSPS) is 11.8. The number of rotatable bonds is 6. The van der Waals surface area contributed by atoms with Crippen LogP contribution in [-0.2, 0) is 16.0 Å². The Morgan fingerprint density at radius 3 is 2.65 bits per heavy atom. The van der Waals surface area contributed by atoms with Crippen molar-refractivity contribution in [2.45, 2.75) is 19.4 Å². The van der Waals surface area contributed by atoms with Crippen LogP contribution >= 0.6 is 0 Å². The summed E-state index contributed by atoms with van der Waals surface area (Å²) >= 11 is 0. The highest BCUT2D eigenvalue weighted by Gasteiger charge is 2.20. The summed E-state index contributed by atoms with van der Waals surface area (Å²) in [7, 11) is 1.54. The van der Waals surface area contributed by atoms with Crippen molar-refractivity contribution in [3.05, 3.63) is 47.7 Å². The van der Waals surface area contributed by atoms with E-state index >= 15 is 0 Å². The number of hydrogen-bond donors (Lipinski definition) is 2. The summed E-state index contributed by atoms with van der Waals surface area (Å²) < 4.78 is 4.86. The Balaban J connectivity index is 1.85. The standard InChI is InChI=1S/C16H20N4O3/c1-11-8-14(19-23-11)18-15(21)10-20(2)16(22)13(17)9-12-6-4-3-5-7-12/h3-8,13H,9-10,17H2,1-2H3,(H,18,19,21). The van der Waals surface area contributed by atoms with Crippen molar-refractivity contribution in [3.8, 4) is 0 Å². The molecule has 3 N–H and O–H groups in total. The maximum atomic E-state index is 12.2. The van der Waals surface area contributed by atoms with E-state index in [1.165, 1.54) is 4.90 Å². The highest BCUT2D eigenvalue weighted by atomic mass is 16.5. The summed E-state index contributed by atoms with van der Waals surface area (Å²) in [5, 5.41) is 6.22. The lowest BCUT2D eigenvalue weighted by molar-refractivity contribution is -0.134. The average Bonchev–Trinajstić information content (AvgIpc) is 2.92. The van der Waals surface area contributed by atoms with Gasteiger partial charge in [0.15, 0.2) is 5.82 Å². The summed E-state index contributed by atoms with van der Waals surface area (Å²) in [6.45, 7) is 1.62. The van der Waals surface area contributed by atoms with Gasteiger partial charge in [0.1, 0.15) is 5.76 Å². The number of carbonyl (C=O) groups is 2. The molecule has 0 aliphatic heterocycles. The molecule has 1 heterocycles. The van der Waals surface area contributed by atoms with Gasteiger partial charge in [-0.2, -0.15) is 0 Å². The van der Waals surface area contributed by atoms with Gasteiger partial charge < -0.3 is 20.5 Å². The summed E-state index contributed by atoms with van der Waals surface area (Å²) in [5.41, 5.74) is 6.91. The SMILES string of the molecule is Cc1cc(NC(=O)CN(C)C(=O)C(N)Cc2ccccc2)no1. The van der Waals surface area contributed by atoms with Crippen molar-refractivity contribution < 1.29 is 14.1 Å². The van der Waals surface area contributed by atoms with E-state index in [0.29, 0.717) is 18.0 Å². The minimum Gasteiger partial charge on any atom is -0.360 e. The van der Waals surface area contributed by atoms with Crippen LogP contribution in [0.5, 0.6) is 0 Å². The molecule has 2 aromatic rings. The second kappa shape index (κ2) is 7.55. The van der Waals surface area contributed by atoms with E-state index in [2.05, 4.69) is 10.5 Å². The number of aromatic nitrogens is 1. The topological polar surface area (TPSA) is 101 Å². The Morgan fingerprint density at radius 2 is 2.04 bits per heavy atom. The van der Waals surface area contributed by atoms with Crippen LogP contribution in [0.15, 0.2) is 40.9 Å². The monoisotopic (exact) mass is 316 g/mol. The molecular weight excluding hydrogens is 296 g/mol. The predicted octanol–water partition coefficient (Wildman–Crippen LogP) is 0.950. The molecule has 7 heteroatoms. The number of benzene rings is 1. The molecule has 1 aromatic heterocycles. The molecule has 1 unspecified atom stereocenters. The molecule has 0 aliphatic rings. The zero-order chi connectivity index (χ0) is 16.8. The lowest BCUT2D eigenvalue weighted by atomic mass is 10.1. The molecule has 2 rings (SSSR count). The van der Waals surface area contributed by atoms with Crippen molar-refractivity contribution in [1.29, 1.82) is 0 Å². The molecule has 1 atom stereocenters. The molecule has 122 valence electrons. The Hall–Kier alpha value is -2.67. The van der Waals surface area contributed by atoms with Gasteiger partial charge in [0.25, 0.3) is 0 Å². The third-order valence-corrected chi connectivity index (χ3v) is 3.27. The lowest BCUT2D eigenvalue weighted by Gasteiger charge is -2.20. The zero-order valence-electron chi connectivity index (χ0n) is 13.2. The van der Waals surface area contributed by atoms with Crippen LogP contribution in [0.1, 0.15) is 11.3 Å². The number of anilines is 1. The minimum atomic E-state index is -0.690. The van der Waals surface area contributed by atoms with Gasteiger partial charge in [-0.3, -0.25) is 9.59 Å². The average molecular weight is 316 g/mol. The molecule has 7 nitrogen and oxygen atoms in total. The van der Waals surface area contributed by atoms with E-state index in [1.807, 2.05) is 30.3 Å². The Morgan fingerprint density at radius 1 is 1.35 bits per heavy atom. The van der Waals surface area contributed by atoms with Crippen molar-refractivity contribution >= 4 is 17.6 Å². The fraction of sp³-hybridized carbons (Fsp3) is 0.312. The molecule has 1 aromatic carbocycles. The number of amides is 2. The number of carbonyl (C=O) groups excluding carboxylic acids is 2. The smallest absolute Gasteiger partial charge is 0.245 e. The molecule has 0 aliphatic carbocycles. The summed E-state index contributed by atoms with van der Waals surface area (Å²) in [5.74, 6) is 0.262. The van der Waals surface area contributed by atoms with Crippen molar-refractivity contribution in [2.24, 2.45) is 5.73 Å². The highest BCUT2D eigenvalue weighted by molar-refractivity contribution is 5.94. The first kappa shape index (κ1) is 16.7. The second-order valence-corrected chi connectivity index (χ2v) is 5.36. The molecule has 0 spiro atoms. The van der Waals surface area contributed by atoms with Gasteiger partial charge >= 0.3 is 0 Å². The van der Waals surface area contributed by atoms with E-state index in [0.717, 1.165) is 5.56 Å². The van der Waals surface area contributed by atoms with Crippen LogP contribution in [0.25, 0.3) is 0 Å². The van der Waals surface area contributed by atoms with E-state index in [9.17, 15) is 9.59 Å². The maximum Gasteiger partial charge on any atom is 0.245 e. The van der Waals surface area contributed by atoms with Crippen molar-refractivity contribution in [3.63, 3.8) is 0 Å². The highest BCUT2D eigenvalue weighted by Crippen LogP contribution is 2.07. The van der Waals surface area contributed by atoms with Crippen LogP contribution in [0.2, 0.25) is 0 Å². The van der Waals surface area contributed by atoms with Crippen LogP contribution < -0.4 is 11.1 Å². The minimum absolute atomic E-state index is 0.104. The first-order valence-electron chi connectivity index (χ1n) is 7.23. The van der Waals surface area contributed by atoms with Crippen molar-refractivity contribution in [2.75, 3.05) is 18.9 Å². The first-order chi connectivity index (χ1) is 11.0. The van der Waals surface area contributed by atoms with E-state index in [-0.39, 0.29) is 18.4 Å². The van der Waals surface area contributed by atoms with Gasteiger partial charge in [0, 0.05) is 13.1 Å². The van der Waals surface area contributed by atoms with Gasteiger partial charge in [0.2, 0.25) is 11.8 Å². The predicted molar refractivity (Wildman–Crippen MR) is 85.6 cm³/mol. The van der Waals surface area contributed by atoms with E-state index in [4.69, 9.17) is 10.3 Å². The summed E-state index contributed by atoms with van der Waals surface area (Å²) in [4.78, 5) is 25.4. The number of nitrogens with one attached hydrogen (secondary N) is 1. The molecule has 0 radical (unpaired) electrons. The maximum absolute atomic E-state index is 12.2.